The first-order valence-corrected chi connectivity index (χ1v) is 14.4. The average Bonchev–Trinajstić information content (AvgIpc) is 2.85. The molecule has 0 N–H and O–H groups in total. The largest absolute Gasteiger partial charge is 0.264 e. The zero-order valence-corrected chi connectivity index (χ0v) is 20.7. The molecule has 162 valence electrons. The molecule has 2 aromatic heterocycles. The molecule has 0 atom stereocenters. The standard InChI is InChI=1S/C30H29N2Si/c1-22-12-13-23(25-9-8-17-31-21-25)20-29(22)30-28-15-14-27(19-24(28)16-18-32(30)2)33(3,4)26-10-6-5-7-11-26/h5-21H,1-4H3/q+1. The van der Waals surface area contributed by atoms with E-state index in [1.54, 1.807) is 0 Å². The number of aryl methyl sites for hydroxylation is 2. The van der Waals surface area contributed by atoms with Crippen LogP contribution in [0.4, 0.5) is 0 Å². The normalized spacial score (nSPS) is 11.6. The third kappa shape index (κ3) is 3.89. The maximum atomic E-state index is 4.31. The Bertz CT molecular complexity index is 1440. The fourth-order valence-electron chi connectivity index (χ4n) is 4.71. The highest BCUT2D eigenvalue weighted by atomic mass is 28.3. The third-order valence-corrected chi connectivity index (χ3v) is 10.4. The van der Waals surface area contributed by atoms with Crippen LogP contribution in [-0.2, 0) is 7.05 Å². The monoisotopic (exact) mass is 445 g/mol. The van der Waals surface area contributed by atoms with E-state index in [1.807, 2.05) is 18.5 Å². The zero-order chi connectivity index (χ0) is 23.0. The lowest BCUT2D eigenvalue weighted by Gasteiger charge is -2.24. The molecule has 0 radical (unpaired) electrons. The highest BCUT2D eigenvalue weighted by Crippen LogP contribution is 2.31. The fourth-order valence-corrected chi connectivity index (χ4v) is 7.08. The highest BCUT2D eigenvalue weighted by Gasteiger charge is 2.27. The predicted molar refractivity (Wildman–Crippen MR) is 142 cm³/mol. The molecule has 5 aromatic rings. The van der Waals surface area contributed by atoms with Gasteiger partial charge in [0.15, 0.2) is 6.20 Å². The average molecular weight is 446 g/mol. The summed E-state index contributed by atoms with van der Waals surface area (Å²) in [6.07, 6.45) is 5.94. The summed E-state index contributed by atoms with van der Waals surface area (Å²) in [7, 11) is 0.380. The van der Waals surface area contributed by atoms with Gasteiger partial charge in [0.05, 0.1) is 10.9 Å². The molecule has 0 amide bonds. The molecule has 3 heteroatoms. The maximum absolute atomic E-state index is 4.31. The van der Waals surface area contributed by atoms with Crippen LogP contribution in [0.5, 0.6) is 0 Å². The van der Waals surface area contributed by atoms with Crippen LogP contribution in [0.2, 0.25) is 13.1 Å². The van der Waals surface area contributed by atoms with E-state index in [-0.39, 0.29) is 0 Å². The van der Waals surface area contributed by atoms with Gasteiger partial charge in [-0.3, -0.25) is 4.98 Å². The lowest BCUT2D eigenvalue weighted by molar-refractivity contribution is -0.659. The minimum atomic E-state index is -1.76. The van der Waals surface area contributed by atoms with Crippen molar-refractivity contribution < 1.29 is 4.57 Å². The summed E-state index contributed by atoms with van der Waals surface area (Å²) in [5, 5.41) is 5.50. The van der Waals surface area contributed by atoms with Crippen molar-refractivity contribution in [2.75, 3.05) is 0 Å². The summed E-state index contributed by atoms with van der Waals surface area (Å²) in [6.45, 7) is 7.07. The van der Waals surface area contributed by atoms with Gasteiger partial charge < -0.3 is 0 Å². The number of rotatable bonds is 4. The van der Waals surface area contributed by atoms with E-state index in [0.717, 1.165) is 5.56 Å². The van der Waals surface area contributed by atoms with Crippen LogP contribution >= 0.6 is 0 Å². The van der Waals surface area contributed by atoms with Crippen LogP contribution in [0.15, 0.2) is 104 Å². The Kier molecular flexibility index (Phi) is 5.43. The van der Waals surface area contributed by atoms with E-state index in [9.17, 15) is 0 Å². The SMILES string of the molecule is Cc1ccc(-c2cccnc2)cc1-c1c2ccc([Si](C)(C)c3ccccc3)cc2cc[n+]1C. The summed E-state index contributed by atoms with van der Waals surface area (Å²) < 4.78 is 2.25. The Morgan fingerprint density at radius 3 is 2.33 bits per heavy atom. The van der Waals surface area contributed by atoms with Crippen molar-refractivity contribution in [1.82, 2.24) is 4.98 Å². The van der Waals surface area contributed by atoms with Gasteiger partial charge in [0.2, 0.25) is 5.69 Å². The molecule has 0 fully saturated rings. The van der Waals surface area contributed by atoms with Gasteiger partial charge in [-0.2, -0.15) is 0 Å². The molecular formula is C30H29N2Si+. The van der Waals surface area contributed by atoms with Crippen LogP contribution in [-0.4, -0.2) is 13.1 Å². The molecule has 0 aliphatic heterocycles. The number of aromatic nitrogens is 2. The van der Waals surface area contributed by atoms with Crippen molar-refractivity contribution in [1.29, 1.82) is 0 Å². The van der Waals surface area contributed by atoms with E-state index in [4.69, 9.17) is 0 Å². The maximum Gasteiger partial charge on any atom is 0.220 e. The summed E-state index contributed by atoms with van der Waals surface area (Å²) in [5.41, 5.74) is 6.11. The van der Waals surface area contributed by atoms with E-state index >= 15 is 0 Å². The topological polar surface area (TPSA) is 16.8 Å². The van der Waals surface area contributed by atoms with Gasteiger partial charge in [-0.05, 0) is 41.6 Å². The molecule has 3 aromatic carbocycles. The van der Waals surface area contributed by atoms with Crippen LogP contribution in [0.1, 0.15) is 5.56 Å². The van der Waals surface area contributed by atoms with Crippen LogP contribution in [0.3, 0.4) is 0 Å². The van der Waals surface area contributed by atoms with Gasteiger partial charge in [-0.25, -0.2) is 4.57 Å². The quantitative estimate of drug-likeness (QED) is 0.263. The molecule has 0 spiro atoms. The molecule has 2 nitrogen and oxygen atoms in total. The first-order valence-electron chi connectivity index (χ1n) is 11.4. The fraction of sp³-hybridized carbons (Fsp3) is 0.133. The molecule has 0 aliphatic rings. The van der Waals surface area contributed by atoms with Crippen LogP contribution in [0.25, 0.3) is 33.2 Å². The third-order valence-electron chi connectivity index (χ3n) is 6.84. The van der Waals surface area contributed by atoms with E-state index in [2.05, 4.69) is 122 Å². The van der Waals surface area contributed by atoms with Gasteiger partial charge in [0, 0.05) is 24.0 Å². The molecule has 0 saturated heterocycles. The van der Waals surface area contributed by atoms with Crippen molar-refractivity contribution in [2.45, 2.75) is 20.0 Å². The van der Waals surface area contributed by atoms with Gasteiger partial charge in [0.25, 0.3) is 0 Å². The van der Waals surface area contributed by atoms with Crippen molar-refractivity contribution in [3.05, 3.63) is 109 Å². The Balaban J connectivity index is 1.67. The lowest BCUT2D eigenvalue weighted by Crippen LogP contribution is -2.52. The van der Waals surface area contributed by atoms with Crippen molar-refractivity contribution >= 4 is 29.2 Å². The smallest absolute Gasteiger partial charge is 0.220 e. The second-order valence-electron chi connectivity index (χ2n) is 9.34. The molecule has 0 bridgehead atoms. The first-order chi connectivity index (χ1) is 15.9. The Hall–Kier alpha value is -3.56. The van der Waals surface area contributed by atoms with E-state index in [0.29, 0.717) is 0 Å². The minimum Gasteiger partial charge on any atom is -0.264 e. The van der Waals surface area contributed by atoms with E-state index in [1.165, 1.54) is 43.5 Å². The summed E-state index contributed by atoms with van der Waals surface area (Å²) in [6, 6.07) is 31.1. The number of hydrogen-bond donors (Lipinski definition) is 0. The predicted octanol–water partition coefficient (Wildman–Crippen LogP) is 5.52. The second-order valence-corrected chi connectivity index (χ2v) is 13.7. The Morgan fingerprint density at radius 2 is 1.58 bits per heavy atom. The summed E-state index contributed by atoms with van der Waals surface area (Å²) in [4.78, 5) is 4.31. The Morgan fingerprint density at radius 1 is 0.758 bits per heavy atom. The number of hydrogen-bond acceptors (Lipinski definition) is 1. The number of nitrogens with zero attached hydrogens (tertiary/aromatic N) is 2. The van der Waals surface area contributed by atoms with Crippen molar-refractivity contribution in [3.8, 4) is 22.4 Å². The van der Waals surface area contributed by atoms with Crippen LogP contribution < -0.4 is 14.9 Å². The van der Waals surface area contributed by atoms with Crippen LogP contribution in [0, 0.1) is 6.92 Å². The zero-order valence-electron chi connectivity index (χ0n) is 19.7. The number of benzene rings is 3. The number of fused-ring (bicyclic) bond motifs is 1. The molecule has 0 saturated carbocycles. The van der Waals surface area contributed by atoms with E-state index < -0.39 is 8.07 Å². The second kappa shape index (κ2) is 8.42. The molecule has 2 heterocycles. The van der Waals surface area contributed by atoms with Crippen molar-refractivity contribution in [2.24, 2.45) is 7.05 Å². The van der Waals surface area contributed by atoms with Gasteiger partial charge in [-0.1, -0.05) is 84.1 Å². The van der Waals surface area contributed by atoms with Gasteiger partial charge >= 0.3 is 0 Å². The summed E-state index contributed by atoms with van der Waals surface area (Å²) >= 11 is 0. The minimum absolute atomic E-state index is 1.14. The van der Waals surface area contributed by atoms with Gasteiger partial charge in [0.1, 0.15) is 15.1 Å². The van der Waals surface area contributed by atoms with Gasteiger partial charge in [-0.15, -0.1) is 0 Å². The molecular weight excluding hydrogens is 416 g/mol. The van der Waals surface area contributed by atoms with Crippen molar-refractivity contribution in [3.63, 3.8) is 0 Å². The molecule has 0 unspecified atom stereocenters. The lowest BCUT2D eigenvalue weighted by atomic mass is 9.95. The molecule has 33 heavy (non-hydrogen) atoms. The highest BCUT2D eigenvalue weighted by molar-refractivity contribution is 7.00. The first kappa shape index (κ1) is 21.3. The molecule has 0 aliphatic carbocycles. The molecule has 5 rings (SSSR count). The number of pyridine rings is 2. The summed E-state index contributed by atoms with van der Waals surface area (Å²) in [5.74, 6) is 0. The Labute approximate surface area is 197 Å².